The molecule has 0 unspecified atom stereocenters. The normalized spacial score (nSPS) is 16.7. The second kappa shape index (κ2) is 6.69. The van der Waals surface area contributed by atoms with E-state index in [1.54, 1.807) is 18.5 Å². The van der Waals surface area contributed by atoms with E-state index in [1.807, 2.05) is 0 Å². The van der Waals surface area contributed by atoms with Crippen LogP contribution < -0.4 is 0 Å². The summed E-state index contributed by atoms with van der Waals surface area (Å²) < 4.78 is 57.2. The van der Waals surface area contributed by atoms with Gasteiger partial charge in [-0.2, -0.15) is 9.40 Å². The van der Waals surface area contributed by atoms with E-state index in [4.69, 9.17) is 4.42 Å². The van der Waals surface area contributed by atoms with E-state index in [0.717, 1.165) is 12.8 Å². The number of furan rings is 1. The fraction of sp³-hybridized carbons (Fsp3) is 0.500. The van der Waals surface area contributed by atoms with Gasteiger partial charge in [0.1, 0.15) is 11.5 Å². The molecular weight excluding hydrogens is 354 g/mol. The van der Waals surface area contributed by atoms with Crippen LogP contribution in [0.3, 0.4) is 0 Å². The first-order valence-corrected chi connectivity index (χ1v) is 10.9. The fourth-order valence-electron chi connectivity index (χ4n) is 2.58. The van der Waals surface area contributed by atoms with Crippen LogP contribution in [0.2, 0.25) is 0 Å². The Morgan fingerprint density at radius 3 is 2.54 bits per heavy atom. The summed E-state index contributed by atoms with van der Waals surface area (Å²) in [7, 11) is -7.09. The third-order valence-electron chi connectivity index (χ3n) is 3.85. The monoisotopic (exact) mass is 373 g/mol. The highest BCUT2D eigenvalue weighted by molar-refractivity contribution is 7.90. The van der Waals surface area contributed by atoms with E-state index in [9.17, 15) is 16.8 Å². The van der Waals surface area contributed by atoms with Crippen LogP contribution in [0, 0.1) is 0 Å². The molecule has 0 aromatic carbocycles. The van der Waals surface area contributed by atoms with Crippen molar-refractivity contribution < 1.29 is 21.3 Å². The lowest BCUT2D eigenvalue weighted by Crippen LogP contribution is -2.27. The lowest BCUT2D eigenvalue weighted by molar-refractivity contribution is 0.395. The predicted molar refractivity (Wildman–Crippen MR) is 86.4 cm³/mol. The van der Waals surface area contributed by atoms with Crippen molar-refractivity contribution >= 4 is 19.9 Å². The first kappa shape index (κ1) is 17.2. The third-order valence-corrected chi connectivity index (χ3v) is 7.15. The Morgan fingerprint density at radius 2 is 1.88 bits per heavy atom. The van der Waals surface area contributed by atoms with Gasteiger partial charge in [-0.3, -0.25) is 4.68 Å². The predicted octanol–water partition coefficient (Wildman–Crippen LogP) is 0.876. The maximum Gasteiger partial charge on any atom is 0.276 e. The van der Waals surface area contributed by atoms with E-state index >= 15 is 0 Å². The average Bonchev–Trinajstić information content (AvgIpc) is 3.27. The summed E-state index contributed by atoms with van der Waals surface area (Å²) in [6.07, 6.45) is 4.92. The second-order valence-electron chi connectivity index (χ2n) is 5.69. The highest BCUT2D eigenvalue weighted by Gasteiger charge is 2.30. The van der Waals surface area contributed by atoms with E-state index in [2.05, 4.69) is 5.10 Å². The minimum Gasteiger partial charge on any atom is -0.447 e. The molecular formula is C14H19N3O5S2. The molecule has 3 heterocycles. The zero-order valence-electron chi connectivity index (χ0n) is 13.0. The number of nitrogens with zero attached hydrogens (tertiary/aromatic N) is 3. The van der Waals surface area contributed by atoms with Crippen molar-refractivity contribution in [2.45, 2.75) is 30.2 Å². The van der Waals surface area contributed by atoms with Crippen LogP contribution in [0.4, 0.5) is 0 Å². The van der Waals surface area contributed by atoms with Crippen molar-refractivity contribution in [3.05, 3.63) is 36.4 Å². The van der Waals surface area contributed by atoms with Crippen LogP contribution in [-0.2, 0) is 32.2 Å². The van der Waals surface area contributed by atoms with Gasteiger partial charge in [-0.25, -0.2) is 16.8 Å². The lowest BCUT2D eigenvalue weighted by atomic mass is 10.4. The Labute approximate surface area is 141 Å². The standard InChI is InChI=1S/C14H19N3O5S2/c18-23(19,11-10-16-7-3-6-15-16)12-13-4-5-14(22-13)24(20,21)17-8-1-2-9-17/h3-7H,1-2,8-12H2. The van der Waals surface area contributed by atoms with E-state index in [0.29, 0.717) is 13.1 Å². The molecule has 0 bridgehead atoms. The van der Waals surface area contributed by atoms with Crippen LogP contribution in [0.15, 0.2) is 40.1 Å². The van der Waals surface area contributed by atoms with Gasteiger partial charge in [0.2, 0.25) is 5.09 Å². The van der Waals surface area contributed by atoms with Gasteiger partial charge >= 0.3 is 0 Å². The largest absolute Gasteiger partial charge is 0.447 e. The topological polar surface area (TPSA) is 102 Å². The Balaban J connectivity index is 1.67. The molecule has 0 spiro atoms. The quantitative estimate of drug-likeness (QED) is 0.714. The van der Waals surface area contributed by atoms with Crippen LogP contribution >= 0.6 is 0 Å². The number of sulfonamides is 1. The molecule has 2 aromatic rings. The minimum absolute atomic E-state index is 0.0937. The van der Waals surface area contributed by atoms with Gasteiger partial charge in [-0.1, -0.05) is 0 Å². The van der Waals surface area contributed by atoms with E-state index in [1.165, 1.54) is 21.1 Å². The molecule has 3 rings (SSSR count). The molecule has 10 heteroatoms. The smallest absolute Gasteiger partial charge is 0.276 e. The molecule has 24 heavy (non-hydrogen) atoms. The van der Waals surface area contributed by atoms with Crippen molar-refractivity contribution in [3.63, 3.8) is 0 Å². The zero-order chi connectivity index (χ0) is 17.2. The number of hydrogen-bond acceptors (Lipinski definition) is 6. The lowest BCUT2D eigenvalue weighted by Gasteiger charge is -2.12. The molecule has 1 saturated heterocycles. The fourth-order valence-corrected chi connectivity index (χ4v) is 5.23. The SMILES string of the molecule is O=S(=O)(CCn1cccn1)Cc1ccc(S(=O)(=O)N2CCCC2)o1. The van der Waals surface area contributed by atoms with Crippen molar-refractivity contribution in [1.82, 2.24) is 14.1 Å². The van der Waals surface area contributed by atoms with E-state index in [-0.39, 0.29) is 28.9 Å². The van der Waals surface area contributed by atoms with Crippen LogP contribution in [0.5, 0.6) is 0 Å². The van der Waals surface area contributed by atoms with Crippen LogP contribution in [-0.4, -0.2) is 49.8 Å². The summed E-state index contributed by atoms with van der Waals surface area (Å²) >= 11 is 0. The molecule has 1 aliphatic heterocycles. The Hall–Kier alpha value is -1.65. The summed E-state index contributed by atoms with van der Waals surface area (Å²) in [5.41, 5.74) is 0. The zero-order valence-corrected chi connectivity index (χ0v) is 14.7. The summed E-state index contributed by atoms with van der Waals surface area (Å²) in [4.78, 5) is 0. The summed E-state index contributed by atoms with van der Waals surface area (Å²) in [6, 6.07) is 4.45. The highest BCUT2D eigenvalue weighted by Crippen LogP contribution is 2.23. The minimum atomic E-state index is -3.66. The molecule has 0 N–H and O–H groups in total. The molecule has 8 nitrogen and oxygen atoms in total. The molecule has 0 radical (unpaired) electrons. The van der Waals surface area contributed by atoms with Crippen molar-refractivity contribution in [2.24, 2.45) is 0 Å². The molecule has 132 valence electrons. The molecule has 0 atom stereocenters. The average molecular weight is 373 g/mol. The highest BCUT2D eigenvalue weighted by atomic mass is 32.2. The maximum absolute atomic E-state index is 12.4. The Kier molecular flexibility index (Phi) is 4.79. The number of rotatable bonds is 7. The molecule has 2 aromatic heterocycles. The number of sulfone groups is 1. The third kappa shape index (κ3) is 3.87. The van der Waals surface area contributed by atoms with Crippen molar-refractivity contribution in [3.8, 4) is 0 Å². The van der Waals surface area contributed by atoms with Gasteiger partial charge in [-0.15, -0.1) is 0 Å². The summed E-state index contributed by atoms with van der Waals surface area (Å²) in [5.74, 6) is -0.291. The van der Waals surface area contributed by atoms with E-state index < -0.39 is 19.9 Å². The molecule has 0 aliphatic carbocycles. The maximum atomic E-state index is 12.4. The molecule has 1 aliphatic rings. The molecule has 0 amide bonds. The van der Waals surface area contributed by atoms with Gasteiger partial charge in [-0.05, 0) is 31.0 Å². The summed E-state index contributed by atoms with van der Waals surface area (Å²) in [5, 5.41) is 3.76. The first-order valence-electron chi connectivity index (χ1n) is 7.63. The van der Waals surface area contributed by atoms with Gasteiger partial charge in [0.25, 0.3) is 10.0 Å². The molecule has 0 saturated carbocycles. The number of aromatic nitrogens is 2. The first-order chi connectivity index (χ1) is 11.4. The second-order valence-corrected chi connectivity index (χ2v) is 9.75. The van der Waals surface area contributed by atoms with Crippen molar-refractivity contribution in [2.75, 3.05) is 18.8 Å². The van der Waals surface area contributed by atoms with Gasteiger partial charge in [0, 0.05) is 25.5 Å². The number of aryl methyl sites for hydroxylation is 1. The Bertz CT molecular complexity index is 879. The van der Waals surface area contributed by atoms with Gasteiger partial charge in [0.05, 0.1) is 12.3 Å². The van der Waals surface area contributed by atoms with Crippen molar-refractivity contribution in [1.29, 1.82) is 0 Å². The summed E-state index contributed by atoms with van der Waals surface area (Å²) in [6.45, 7) is 1.19. The van der Waals surface area contributed by atoms with Crippen LogP contribution in [0.1, 0.15) is 18.6 Å². The van der Waals surface area contributed by atoms with Gasteiger partial charge in [0.15, 0.2) is 9.84 Å². The van der Waals surface area contributed by atoms with Crippen LogP contribution in [0.25, 0.3) is 0 Å². The molecule has 1 fully saturated rings. The number of hydrogen-bond donors (Lipinski definition) is 0. The Morgan fingerprint density at radius 1 is 1.12 bits per heavy atom. The van der Waals surface area contributed by atoms with Gasteiger partial charge < -0.3 is 4.42 Å².